The summed E-state index contributed by atoms with van der Waals surface area (Å²) < 4.78 is 20.0. The second kappa shape index (κ2) is 8.23. The van der Waals surface area contributed by atoms with Crippen molar-refractivity contribution in [2.45, 2.75) is 26.4 Å². The second-order valence-corrected chi connectivity index (χ2v) is 7.98. The molecular formula is C20H20FN5O3S. The first kappa shape index (κ1) is 20.0. The van der Waals surface area contributed by atoms with E-state index in [9.17, 15) is 14.0 Å². The van der Waals surface area contributed by atoms with Gasteiger partial charge in [0.05, 0.1) is 29.3 Å². The van der Waals surface area contributed by atoms with Gasteiger partial charge < -0.3 is 15.0 Å². The van der Waals surface area contributed by atoms with Gasteiger partial charge in [-0.05, 0) is 25.1 Å². The maximum absolute atomic E-state index is 14.8. The number of amides is 2. The van der Waals surface area contributed by atoms with Crippen LogP contribution in [0.4, 0.5) is 14.9 Å². The average molecular weight is 429 g/mol. The van der Waals surface area contributed by atoms with E-state index in [1.807, 2.05) is 12.3 Å². The smallest absolute Gasteiger partial charge is 0.414 e. The normalized spacial score (nSPS) is 16.0. The first-order valence-corrected chi connectivity index (χ1v) is 10.2. The third kappa shape index (κ3) is 4.33. The fraction of sp³-hybridized carbons (Fsp3) is 0.300. The highest BCUT2D eigenvalue weighted by Crippen LogP contribution is 2.28. The van der Waals surface area contributed by atoms with Gasteiger partial charge in [-0.25, -0.2) is 19.2 Å². The van der Waals surface area contributed by atoms with Crippen LogP contribution in [0.3, 0.4) is 0 Å². The number of rotatable bonds is 6. The molecule has 156 valence electrons. The maximum Gasteiger partial charge on any atom is 0.414 e. The topological polar surface area (TPSA) is 100 Å². The number of nitrogens with one attached hydrogen (secondary N) is 2. The van der Waals surface area contributed by atoms with Crippen molar-refractivity contribution in [2.24, 2.45) is 0 Å². The Morgan fingerprint density at radius 1 is 1.47 bits per heavy atom. The minimum absolute atomic E-state index is 0.206. The molecule has 0 bridgehead atoms. The number of anilines is 1. The number of aromatic nitrogens is 3. The zero-order valence-electron chi connectivity index (χ0n) is 16.4. The van der Waals surface area contributed by atoms with Gasteiger partial charge in [-0.3, -0.25) is 9.69 Å². The predicted octanol–water partition coefficient (Wildman–Crippen LogP) is 3.03. The lowest BCUT2D eigenvalue weighted by Gasteiger charge is -2.14. The number of aryl methyl sites for hydroxylation is 1. The number of ether oxygens (including phenoxy) is 1. The third-order valence-electron chi connectivity index (χ3n) is 4.61. The van der Waals surface area contributed by atoms with E-state index in [4.69, 9.17) is 4.74 Å². The Hall–Kier alpha value is -3.27. The number of thiazole rings is 1. The van der Waals surface area contributed by atoms with Crippen LogP contribution in [-0.2, 0) is 16.0 Å². The average Bonchev–Trinajstić information content (AvgIpc) is 3.41. The van der Waals surface area contributed by atoms with Crippen LogP contribution in [0.5, 0.6) is 0 Å². The van der Waals surface area contributed by atoms with Crippen LogP contribution in [0.15, 0.2) is 29.8 Å². The Bertz CT molecular complexity index is 1100. The summed E-state index contributed by atoms with van der Waals surface area (Å²) in [5, 5.41) is 5.55. The van der Waals surface area contributed by atoms with Crippen LogP contribution in [0.1, 0.15) is 23.3 Å². The van der Waals surface area contributed by atoms with Gasteiger partial charge in [0.15, 0.2) is 0 Å². The SMILES string of the molecule is CC(=O)NCC1CN(c2ccc(-c3ncc(Cc4nc(C)cs4)[nH]3)c(F)c2)C(=O)O1. The van der Waals surface area contributed by atoms with Crippen LogP contribution >= 0.6 is 11.3 Å². The van der Waals surface area contributed by atoms with E-state index >= 15 is 0 Å². The van der Waals surface area contributed by atoms with Crippen molar-refractivity contribution in [1.82, 2.24) is 20.3 Å². The van der Waals surface area contributed by atoms with Crippen molar-refractivity contribution in [3.8, 4) is 11.4 Å². The summed E-state index contributed by atoms with van der Waals surface area (Å²) in [4.78, 5) is 36.3. The van der Waals surface area contributed by atoms with Gasteiger partial charge in [-0.15, -0.1) is 11.3 Å². The molecule has 4 rings (SSSR count). The third-order valence-corrected chi connectivity index (χ3v) is 5.58. The Labute approximate surface area is 176 Å². The lowest BCUT2D eigenvalue weighted by Crippen LogP contribution is -2.33. The molecule has 0 saturated carbocycles. The highest BCUT2D eigenvalue weighted by atomic mass is 32.1. The van der Waals surface area contributed by atoms with Crippen molar-refractivity contribution >= 4 is 29.0 Å². The number of H-pyrrole nitrogens is 1. The molecule has 0 radical (unpaired) electrons. The Kier molecular flexibility index (Phi) is 5.49. The molecule has 1 aliphatic heterocycles. The molecule has 0 spiro atoms. The predicted molar refractivity (Wildman–Crippen MR) is 110 cm³/mol. The van der Waals surface area contributed by atoms with Gasteiger partial charge in [0, 0.05) is 36.3 Å². The zero-order valence-corrected chi connectivity index (χ0v) is 17.3. The molecule has 8 nitrogen and oxygen atoms in total. The fourth-order valence-corrected chi connectivity index (χ4v) is 3.99. The number of halogens is 1. The molecule has 0 aliphatic carbocycles. The number of benzene rings is 1. The van der Waals surface area contributed by atoms with Crippen molar-refractivity contribution < 1.29 is 18.7 Å². The van der Waals surface area contributed by atoms with Crippen LogP contribution in [0, 0.1) is 12.7 Å². The number of carbonyl (C=O) groups is 2. The summed E-state index contributed by atoms with van der Waals surface area (Å²) in [6.45, 7) is 3.77. The zero-order chi connectivity index (χ0) is 21.3. The molecule has 1 saturated heterocycles. The van der Waals surface area contributed by atoms with Gasteiger partial charge in [0.2, 0.25) is 5.91 Å². The summed E-state index contributed by atoms with van der Waals surface area (Å²) in [7, 11) is 0. The number of aromatic amines is 1. The standard InChI is InChI=1S/C20H20FN5O3S/c1-11-10-30-18(24-11)5-13-7-23-19(25-13)16-4-3-14(6-17(16)21)26-9-15(29-20(26)28)8-22-12(2)27/h3-4,6-7,10,15H,5,8-9H2,1-2H3,(H,22,27)(H,23,25). The lowest BCUT2D eigenvalue weighted by atomic mass is 10.1. The van der Waals surface area contributed by atoms with Gasteiger partial charge in [-0.2, -0.15) is 0 Å². The van der Waals surface area contributed by atoms with Gasteiger partial charge in [0.25, 0.3) is 0 Å². The molecule has 2 aromatic heterocycles. The minimum atomic E-state index is -0.573. The van der Waals surface area contributed by atoms with Crippen LogP contribution in [-0.4, -0.2) is 46.1 Å². The van der Waals surface area contributed by atoms with Crippen LogP contribution in [0.2, 0.25) is 0 Å². The quantitative estimate of drug-likeness (QED) is 0.627. The number of nitrogens with zero attached hydrogens (tertiary/aromatic N) is 3. The Balaban J connectivity index is 1.47. The van der Waals surface area contributed by atoms with Crippen molar-refractivity contribution in [3.63, 3.8) is 0 Å². The number of imidazole rings is 1. The van der Waals surface area contributed by atoms with E-state index in [1.54, 1.807) is 29.7 Å². The molecule has 1 aliphatic rings. The number of carbonyl (C=O) groups excluding carboxylic acids is 2. The molecular weight excluding hydrogens is 409 g/mol. The molecule has 1 fully saturated rings. The van der Waals surface area contributed by atoms with E-state index < -0.39 is 18.0 Å². The summed E-state index contributed by atoms with van der Waals surface area (Å²) in [5.41, 5.74) is 2.50. The molecule has 2 N–H and O–H groups in total. The molecule has 30 heavy (non-hydrogen) atoms. The van der Waals surface area contributed by atoms with Gasteiger partial charge in [-0.1, -0.05) is 0 Å². The molecule has 3 heterocycles. The second-order valence-electron chi connectivity index (χ2n) is 7.03. The Morgan fingerprint density at radius 3 is 3.00 bits per heavy atom. The summed E-state index contributed by atoms with van der Waals surface area (Å²) in [5.74, 6) is -0.297. The fourth-order valence-electron chi connectivity index (χ4n) is 3.19. The van der Waals surface area contributed by atoms with Crippen molar-refractivity contribution in [3.05, 3.63) is 52.0 Å². The van der Waals surface area contributed by atoms with Crippen molar-refractivity contribution in [2.75, 3.05) is 18.0 Å². The minimum Gasteiger partial charge on any atom is -0.442 e. The summed E-state index contributed by atoms with van der Waals surface area (Å²) in [6, 6.07) is 4.51. The van der Waals surface area contributed by atoms with Crippen LogP contribution < -0.4 is 10.2 Å². The summed E-state index contributed by atoms with van der Waals surface area (Å²) in [6.07, 6.45) is 1.22. The van der Waals surface area contributed by atoms with Crippen molar-refractivity contribution in [1.29, 1.82) is 0 Å². The lowest BCUT2D eigenvalue weighted by molar-refractivity contribution is -0.119. The molecule has 1 atom stereocenters. The highest BCUT2D eigenvalue weighted by molar-refractivity contribution is 7.09. The van der Waals surface area contributed by atoms with Gasteiger partial charge in [0.1, 0.15) is 17.7 Å². The molecule has 10 heteroatoms. The first-order valence-electron chi connectivity index (χ1n) is 9.36. The summed E-state index contributed by atoms with van der Waals surface area (Å²) >= 11 is 1.57. The first-order chi connectivity index (χ1) is 14.4. The van der Waals surface area contributed by atoms with E-state index in [0.717, 1.165) is 16.4 Å². The van der Waals surface area contributed by atoms with E-state index in [1.165, 1.54) is 17.9 Å². The molecule has 2 amide bonds. The Morgan fingerprint density at radius 2 is 2.30 bits per heavy atom. The van der Waals surface area contributed by atoms with E-state index in [0.29, 0.717) is 23.5 Å². The highest BCUT2D eigenvalue weighted by Gasteiger charge is 2.32. The number of hydrogen-bond acceptors (Lipinski definition) is 6. The molecule has 3 aromatic rings. The molecule has 1 unspecified atom stereocenters. The largest absolute Gasteiger partial charge is 0.442 e. The van der Waals surface area contributed by atoms with Crippen LogP contribution in [0.25, 0.3) is 11.4 Å². The van der Waals surface area contributed by atoms with Gasteiger partial charge >= 0.3 is 6.09 Å². The monoisotopic (exact) mass is 429 g/mol. The molecule has 1 aromatic carbocycles. The number of cyclic esters (lactones) is 1. The number of hydrogen-bond donors (Lipinski definition) is 2. The maximum atomic E-state index is 14.8. The van der Waals surface area contributed by atoms with E-state index in [-0.39, 0.29) is 19.0 Å². The van der Waals surface area contributed by atoms with E-state index in [2.05, 4.69) is 20.3 Å².